The predicted octanol–water partition coefficient (Wildman–Crippen LogP) is 5.34. The van der Waals surface area contributed by atoms with E-state index in [0.29, 0.717) is 11.2 Å². The molecule has 0 amide bonds. The number of ether oxygens (including phenoxy) is 2. The maximum absolute atomic E-state index is 13.6. The monoisotopic (exact) mass is 527 g/mol. The number of aromatic nitrogens is 4. The van der Waals surface area contributed by atoms with E-state index >= 15 is 0 Å². The summed E-state index contributed by atoms with van der Waals surface area (Å²) in [5.74, 6) is 0.923. The maximum Gasteiger partial charge on any atom is 0.354 e. The minimum absolute atomic E-state index is 0.0446. The average molecular weight is 528 g/mol. The first kappa shape index (κ1) is 26.5. The van der Waals surface area contributed by atoms with Crippen molar-refractivity contribution in [2.45, 2.75) is 91.6 Å². The highest BCUT2D eigenvalue weighted by molar-refractivity contribution is 7.57. The van der Waals surface area contributed by atoms with Gasteiger partial charge in [-0.3, -0.25) is 4.57 Å². The van der Waals surface area contributed by atoms with Gasteiger partial charge in [0.1, 0.15) is 11.6 Å². The highest BCUT2D eigenvalue weighted by atomic mass is 35.5. The zero-order valence-corrected chi connectivity index (χ0v) is 23.1. The highest BCUT2D eigenvalue weighted by Crippen LogP contribution is 2.60. The third-order valence-corrected chi connectivity index (χ3v) is 8.76. The first-order chi connectivity index (χ1) is 16.2. The lowest BCUT2D eigenvalue weighted by Gasteiger charge is -2.34. The number of imidazole rings is 1. The Morgan fingerprint density at radius 3 is 2.40 bits per heavy atom. The van der Waals surface area contributed by atoms with Gasteiger partial charge in [-0.25, -0.2) is 4.98 Å². The summed E-state index contributed by atoms with van der Waals surface area (Å²) in [5.41, 5.74) is 6.46. The third kappa shape index (κ3) is 4.89. The van der Waals surface area contributed by atoms with Gasteiger partial charge < -0.3 is 28.8 Å². The summed E-state index contributed by atoms with van der Waals surface area (Å²) in [6.07, 6.45) is 2.38. The van der Waals surface area contributed by atoms with Crippen molar-refractivity contribution in [3.8, 4) is 0 Å². The fraction of sp³-hybridized carbons (Fsp3) is 0.696. The summed E-state index contributed by atoms with van der Waals surface area (Å²) in [7, 11) is -3.50. The molecule has 194 valence electrons. The first-order valence-corrected chi connectivity index (χ1v) is 13.8. The van der Waals surface area contributed by atoms with Gasteiger partial charge in [0.15, 0.2) is 17.3 Å². The minimum Gasteiger partial charge on any atom is -0.382 e. The van der Waals surface area contributed by atoms with E-state index in [0.717, 1.165) is 0 Å². The Morgan fingerprint density at radius 2 is 1.80 bits per heavy atom. The predicted molar refractivity (Wildman–Crippen MR) is 134 cm³/mol. The van der Waals surface area contributed by atoms with Crippen LogP contribution in [0.2, 0.25) is 5.28 Å². The fourth-order valence-corrected chi connectivity index (χ4v) is 7.18. The Balaban J connectivity index is 1.79. The zero-order valence-electron chi connectivity index (χ0n) is 21.4. The number of fused-ring (bicyclic) bond motifs is 2. The third-order valence-electron chi connectivity index (χ3n) is 6.65. The molecule has 2 aromatic heterocycles. The molecule has 35 heavy (non-hydrogen) atoms. The van der Waals surface area contributed by atoms with Gasteiger partial charge in [0.2, 0.25) is 5.28 Å². The Kier molecular flexibility index (Phi) is 6.88. The first-order valence-electron chi connectivity index (χ1n) is 11.8. The molecular formula is C23H35ClN5O5P. The van der Waals surface area contributed by atoms with Crippen LogP contribution < -0.4 is 5.73 Å². The van der Waals surface area contributed by atoms with Crippen molar-refractivity contribution in [3.63, 3.8) is 0 Å². The molecule has 1 aliphatic carbocycles. The summed E-state index contributed by atoms with van der Waals surface area (Å²) >= 11 is 6.12. The number of nitrogen functional groups attached to an aromatic ring is 1. The Bertz CT molecular complexity index is 1170. The molecule has 1 saturated heterocycles. The van der Waals surface area contributed by atoms with E-state index in [1.165, 1.54) is 0 Å². The van der Waals surface area contributed by atoms with Gasteiger partial charge in [0, 0.05) is 11.2 Å². The van der Waals surface area contributed by atoms with Crippen LogP contribution in [-0.2, 0) is 23.1 Å². The van der Waals surface area contributed by atoms with Crippen LogP contribution >= 0.6 is 19.2 Å². The lowest BCUT2D eigenvalue weighted by molar-refractivity contribution is -0.169. The molecule has 0 aromatic carbocycles. The average Bonchev–Trinajstić information content (AvgIpc) is 3.31. The molecule has 2 aromatic rings. The van der Waals surface area contributed by atoms with E-state index < -0.39 is 18.8 Å². The molecule has 1 aliphatic heterocycles. The van der Waals surface area contributed by atoms with Gasteiger partial charge in [-0.2, -0.15) is 9.97 Å². The van der Waals surface area contributed by atoms with Crippen molar-refractivity contribution >= 4 is 36.2 Å². The molecule has 3 heterocycles. The van der Waals surface area contributed by atoms with Crippen LogP contribution in [0.1, 0.15) is 61.4 Å². The molecule has 2 fully saturated rings. The van der Waals surface area contributed by atoms with Gasteiger partial charge >= 0.3 is 7.60 Å². The Hall–Kier alpha value is -1.55. The molecule has 0 radical (unpaired) electrons. The van der Waals surface area contributed by atoms with Crippen molar-refractivity contribution in [1.82, 2.24) is 19.5 Å². The van der Waals surface area contributed by atoms with Crippen LogP contribution in [0.25, 0.3) is 11.2 Å². The second kappa shape index (κ2) is 9.08. The molecule has 0 bridgehead atoms. The second-order valence-corrected chi connectivity index (χ2v) is 12.7. The quantitative estimate of drug-likeness (QED) is 0.375. The summed E-state index contributed by atoms with van der Waals surface area (Å²) in [4.78, 5) is 12.9. The largest absolute Gasteiger partial charge is 0.382 e. The second-order valence-electron chi connectivity index (χ2n) is 10.5. The number of nitrogens with zero attached hydrogens (tertiary/aromatic N) is 4. The number of hydrogen-bond acceptors (Lipinski definition) is 9. The highest BCUT2D eigenvalue weighted by Gasteiger charge is 2.63. The molecule has 2 aliphatic rings. The number of halogens is 1. The van der Waals surface area contributed by atoms with Crippen molar-refractivity contribution in [3.05, 3.63) is 23.5 Å². The molecular weight excluding hydrogens is 493 g/mol. The van der Waals surface area contributed by atoms with E-state index in [9.17, 15) is 4.57 Å². The zero-order chi connectivity index (χ0) is 25.9. The summed E-state index contributed by atoms with van der Waals surface area (Å²) in [5, 5.41) is 0.0446. The van der Waals surface area contributed by atoms with Crippen LogP contribution in [0, 0.1) is 11.3 Å². The van der Waals surface area contributed by atoms with Gasteiger partial charge in [-0.05, 0) is 59.1 Å². The van der Waals surface area contributed by atoms with Crippen molar-refractivity contribution in [1.29, 1.82) is 0 Å². The summed E-state index contributed by atoms with van der Waals surface area (Å²) in [6, 6.07) is -0.219. The summed E-state index contributed by atoms with van der Waals surface area (Å²) in [6.45, 7) is 15.3. The Morgan fingerprint density at radius 1 is 1.17 bits per heavy atom. The van der Waals surface area contributed by atoms with Gasteiger partial charge in [0.05, 0.1) is 30.7 Å². The number of anilines is 1. The number of nitrogens with two attached hydrogens (primary N) is 1. The maximum atomic E-state index is 13.6. The lowest BCUT2D eigenvalue weighted by atomic mass is 9.78. The van der Waals surface area contributed by atoms with Crippen LogP contribution in [0.15, 0.2) is 18.2 Å². The van der Waals surface area contributed by atoms with Crippen LogP contribution in [0.5, 0.6) is 0 Å². The molecule has 10 nitrogen and oxygen atoms in total. The van der Waals surface area contributed by atoms with E-state index in [-0.39, 0.29) is 47.5 Å². The van der Waals surface area contributed by atoms with Crippen molar-refractivity contribution in [2.75, 3.05) is 5.73 Å². The van der Waals surface area contributed by atoms with Crippen LogP contribution in [0.3, 0.4) is 0 Å². The molecule has 4 rings (SSSR count). The number of hydrogen-bond donors (Lipinski definition) is 1. The molecule has 5 unspecified atom stereocenters. The van der Waals surface area contributed by atoms with E-state index in [1.807, 2.05) is 52.2 Å². The van der Waals surface area contributed by atoms with Crippen LogP contribution in [0.4, 0.5) is 5.82 Å². The standard InChI is InChI=1S/C23H35ClN5O5P/c1-12(2)33-35(30,34-13(3)4)10-9-23(8)14(5)16(17-18(23)32-22(6,7)31-17)29-11-26-15-19(25)27-21(24)28-20(15)29/h9-14,16-18H,1-8H3,(H2,25,27,28). The lowest BCUT2D eigenvalue weighted by Crippen LogP contribution is -2.35. The minimum atomic E-state index is -3.50. The number of rotatable bonds is 7. The van der Waals surface area contributed by atoms with Gasteiger partial charge in [-0.1, -0.05) is 19.9 Å². The topological polar surface area (TPSA) is 124 Å². The smallest absolute Gasteiger partial charge is 0.354 e. The van der Waals surface area contributed by atoms with Crippen molar-refractivity contribution < 1.29 is 23.1 Å². The van der Waals surface area contributed by atoms with E-state index in [4.69, 9.17) is 35.9 Å². The SMILES string of the molecule is CC(C)OP(=O)(C=CC1(C)C(C)C(n2cnc3c(N)nc(Cl)nc32)C2OC(C)(C)OC21)OC(C)C. The molecule has 1 saturated carbocycles. The van der Waals surface area contributed by atoms with Crippen LogP contribution in [-0.4, -0.2) is 49.7 Å². The molecule has 0 spiro atoms. The normalized spacial score (nSPS) is 30.8. The Labute approximate surface area is 211 Å². The van der Waals surface area contributed by atoms with Crippen molar-refractivity contribution in [2.24, 2.45) is 11.3 Å². The molecule has 5 atom stereocenters. The van der Waals surface area contributed by atoms with E-state index in [2.05, 4.69) is 28.8 Å². The fourth-order valence-electron chi connectivity index (χ4n) is 5.14. The summed E-state index contributed by atoms with van der Waals surface area (Å²) < 4.78 is 39.8. The van der Waals surface area contributed by atoms with Gasteiger partial charge in [0.25, 0.3) is 0 Å². The van der Waals surface area contributed by atoms with E-state index in [1.54, 1.807) is 12.1 Å². The van der Waals surface area contributed by atoms with Gasteiger partial charge in [-0.15, -0.1) is 0 Å². The molecule has 12 heteroatoms. The molecule has 2 N–H and O–H groups in total.